The van der Waals surface area contributed by atoms with Crippen LogP contribution in [0.4, 0.5) is 0 Å². The molecule has 1 unspecified atom stereocenters. The molecular formula is C12H13BrN2OS. The standard InChI is InChI=1S/C12H13BrN2OS/c1-2-3-6-17(16)9-11-8-15-7-10(13)4-5-12(15)14-11/h2-5,7-8H,6,9H2,1H3/b3-2+. The number of pyridine rings is 1. The maximum Gasteiger partial charge on any atom is 0.137 e. The molecule has 5 heteroatoms. The Bertz CT molecular complexity index is 577. The summed E-state index contributed by atoms with van der Waals surface area (Å²) in [5.41, 5.74) is 1.75. The summed E-state index contributed by atoms with van der Waals surface area (Å²) in [6.07, 6.45) is 7.70. The van der Waals surface area contributed by atoms with Gasteiger partial charge in [0.25, 0.3) is 0 Å². The Hall–Kier alpha value is -0.940. The van der Waals surface area contributed by atoms with E-state index in [4.69, 9.17) is 0 Å². The zero-order valence-corrected chi connectivity index (χ0v) is 11.9. The number of imidazole rings is 1. The summed E-state index contributed by atoms with van der Waals surface area (Å²) < 4.78 is 14.7. The minimum atomic E-state index is -0.877. The molecule has 0 radical (unpaired) electrons. The van der Waals surface area contributed by atoms with Gasteiger partial charge in [0, 0.05) is 33.4 Å². The Labute approximate surface area is 111 Å². The van der Waals surface area contributed by atoms with Crippen LogP contribution in [0.2, 0.25) is 0 Å². The van der Waals surface area contributed by atoms with Crippen LogP contribution in [-0.4, -0.2) is 19.3 Å². The van der Waals surface area contributed by atoms with Crippen molar-refractivity contribution in [3.63, 3.8) is 0 Å². The predicted octanol–water partition coefficient (Wildman–Crippen LogP) is 2.92. The molecule has 0 fully saturated rings. The Balaban J connectivity index is 2.16. The lowest BCUT2D eigenvalue weighted by molar-refractivity contribution is 0.684. The Morgan fingerprint density at radius 3 is 3.06 bits per heavy atom. The number of hydrogen-bond acceptors (Lipinski definition) is 2. The van der Waals surface area contributed by atoms with Crippen molar-refractivity contribution < 1.29 is 4.21 Å². The van der Waals surface area contributed by atoms with Crippen LogP contribution in [0.1, 0.15) is 12.6 Å². The van der Waals surface area contributed by atoms with Gasteiger partial charge in [-0.25, -0.2) is 4.98 Å². The van der Waals surface area contributed by atoms with Gasteiger partial charge in [0.15, 0.2) is 0 Å². The molecular weight excluding hydrogens is 300 g/mol. The quantitative estimate of drug-likeness (QED) is 0.814. The molecule has 0 aliphatic heterocycles. The van der Waals surface area contributed by atoms with Gasteiger partial charge >= 0.3 is 0 Å². The Morgan fingerprint density at radius 1 is 1.47 bits per heavy atom. The SMILES string of the molecule is C/C=C/CS(=O)Cc1cn2cc(Br)ccc2n1. The summed E-state index contributed by atoms with van der Waals surface area (Å²) >= 11 is 3.41. The number of allylic oxidation sites excluding steroid dienone is 1. The highest BCUT2D eigenvalue weighted by molar-refractivity contribution is 9.10. The number of rotatable bonds is 4. The molecule has 0 aliphatic carbocycles. The van der Waals surface area contributed by atoms with E-state index in [1.54, 1.807) is 0 Å². The first kappa shape index (κ1) is 12.5. The molecule has 17 heavy (non-hydrogen) atoms. The minimum Gasteiger partial charge on any atom is -0.306 e. The first-order valence-electron chi connectivity index (χ1n) is 5.28. The molecule has 0 amide bonds. The molecule has 0 bridgehead atoms. The van der Waals surface area contributed by atoms with Gasteiger partial charge in [0.2, 0.25) is 0 Å². The maximum atomic E-state index is 11.7. The van der Waals surface area contributed by atoms with E-state index < -0.39 is 10.8 Å². The van der Waals surface area contributed by atoms with Crippen molar-refractivity contribution in [2.45, 2.75) is 12.7 Å². The van der Waals surface area contributed by atoms with E-state index in [2.05, 4.69) is 20.9 Å². The third-order valence-corrected chi connectivity index (χ3v) is 3.94. The Kier molecular flexibility index (Phi) is 4.12. The summed E-state index contributed by atoms with van der Waals surface area (Å²) in [6, 6.07) is 3.88. The minimum absolute atomic E-state index is 0.504. The highest BCUT2D eigenvalue weighted by atomic mass is 79.9. The van der Waals surface area contributed by atoms with E-state index in [9.17, 15) is 4.21 Å². The van der Waals surface area contributed by atoms with E-state index >= 15 is 0 Å². The topological polar surface area (TPSA) is 34.4 Å². The second-order valence-electron chi connectivity index (χ2n) is 3.66. The van der Waals surface area contributed by atoms with Crippen LogP contribution in [0, 0.1) is 0 Å². The van der Waals surface area contributed by atoms with Crippen LogP contribution in [0.15, 0.2) is 41.2 Å². The third-order valence-electron chi connectivity index (χ3n) is 2.29. The molecule has 3 nitrogen and oxygen atoms in total. The number of aromatic nitrogens is 2. The average Bonchev–Trinajstić information content (AvgIpc) is 2.67. The van der Waals surface area contributed by atoms with Gasteiger partial charge in [-0.2, -0.15) is 0 Å². The largest absolute Gasteiger partial charge is 0.306 e. The molecule has 0 spiro atoms. The zero-order valence-electron chi connectivity index (χ0n) is 9.47. The summed E-state index contributed by atoms with van der Waals surface area (Å²) in [5.74, 6) is 1.09. The molecule has 0 aromatic carbocycles. The number of hydrogen-bond donors (Lipinski definition) is 0. The van der Waals surface area contributed by atoms with Crippen molar-refractivity contribution in [2.75, 3.05) is 5.75 Å². The normalized spacial score (nSPS) is 13.5. The maximum absolute atomic E-state index is 11.7. The van der Waals surface area contributed by atoms with E-state index in [1.807, 2.05) is 48.0 Å². The molecule has 2 rings (SSSR count). The second kappa shape index (κ2) is 5.60. The van der Waals surface area contributed by atoms with Crippen LogP contribution >= 0.6 is 15.9 Å². The van der Waals surface area contributed by atoms with Crippen LogP contribution in [0.5, 0.6) is 0 Å². The monoisotopic (exact) mass is 312 g/mol. The van der Waals surface area contributed by atoms with Gasteiger partial charge in [0.1, 0.15) is 5.65 Å². The molecule has 0 N–H and O–H groups in total. The highest BCUT2D eigenvalue weighted by Gasteiger charge is 2.05. The molecule has 0 saturated heterocycles. The third kappa shape index (κ3) is 3.26. The Morgan fingerprint density at radius 2 is 2.29 bits per heavy atom. The van der Waals surface area contributed by atoms with Crippen molar-refractivity contribution >= 4 is 32.4 Å². The lowest BCUT2D eigenvalue weighted by Gasteiger charge is -1.93. The predicted molar refractivity (Wildman–Crippen MR) is 74.4 cm³/mol. The molecule has 0 saturated carbocycles. The van der Waals surface area contributed by atoms with Crippen molar-refractivity contribution in [1.82, 2.24) is 9.38 Å². The highest BCUT2D eigenvalue weighted by Crippen LogP contribution is 2.13. The summed E-state index contributed by atoms with van der Waals surface area (Å²) in [6.45, 7) is 1.93. The van der Waals surface area contributed by atoms with E-state index in [0.29, 0.717) is 11.5 Å². The molecule has 0 aliphatic rings. The van der Waals surface area contributed by atoms with Crippen LogP contribution < -0.4 is 0 Å². The summed E-state index contributed by atoms with van der Waals surface area (Å²) in [7, 11) is -0.877. The molecule has 1 atom stereocenters. The second-order valence-corrected chi connectivity index (χ2v) is 6.08. The molecule has 90 valence electrons. The van der Waals surface area contributed by atoms with Crippen molar-refractivity contribution in [3.8, 4) is 0 Å². The summed E-state index contributed by atoms with van der Waals surface area (Å²) in [4.78, 5) is 4.43. The number of halogens is 1. The number of nitrogens with zero attached hydrogens (tertiary/aromatic N) is 2. The lowest BCUT2D eigenvalue weighted by Crippen LogP contribution is -1.98. The van der Waals surface area contributed by atoms with E-state index in [-0.39, 0.29) is 0 Å². The smallest absolute Gasteiger partial charge is 0.137 e. The molecule has 2 aromatic heterocycles. The van der Waals surface area contributed by atoms with Gasteiger partial charge in [-0.1, -0.05) is 12.2 Å². The zero-order chi connectivity index (χ0) is 12.3. The van der Waals surface area contributed by atoms with Crippen molar-refractivity contribution in [1.29, 1.82) is 0 Å². The van der Waals surface area contributed by atoms with Gasteiger partial charge in [-0.05, 0) is 35.0 Å². The summed E-state index contributed by atoms with van der Waals surface area (Å²) in [5, 5.41) is 0. The van der Waals surface area contributed by atoms with E-state index in [1.165, 1.54) is 0 Å². The van der Waals surface area contributed by atoms with E-state index in [0.717, 1.165) is 15.8 Å². The van der Waals surface area contributed by atoms with Gasteiger partial charge in [0.05, 0.1) is 11.4 Å². The molecule has 2 heterocycles. The fraction of sp³-hybridized carbons (Fsp3) is 0.250. The lowest BCUT2D eigenvalue weighted by atomic mass is 10.5. The first-order valence-corrected chi connectivity index (χ1v) is 7.56. The van der Waals surface area contributed by atoms with Gasteiger partial charge < -0.3 is 4.40 Å². The van der Waals surface area contributed by atoms with Crippen LogP contribution in [0.3, 0.4) is 0 Å². The average molecular weight is 313 g/mol. The first-order chi connectivity index (χ1) is 8.19. The van der Waals surface area contributed by atoms with Crippen LogP contribution in [0.25, 0.3) is 5.65 Å². The number of fused-ring (bicyclic) bond motifs is 1. The fourth-order valence-corrected chi connectivity index (χ4v) is 2.86. The molecule has 2 aromatic rings. The van der Waals surface area contributed by atoms with Crippen molar-refractivity contribution in [2.24, 2.45) is 0 Å². The van der Waals surface area contributed by atoms with Crippen molar-refractivity contribution in [3.05, 3.63) is 46.8 Å². The van der Waals surface area contributed by atoms with Gasteiger partial charge in [-0.15, -0.1) is 0 Å². The fourth-order valence-electron chi connectivity index (χ4n) is 1.51. The van der Waals surface area contributed by atoms with Crippen LogP contribution in [-0.2, 0) is 16.6 Å². The van der Waals surface area contributed by atoms with Gasteiger partial charge in [-0.3, -0.25) is 4.21 Å².